The predicted molar refractivity (Wildman–Crippen MR) is 33.0 cm³/mol. The summed E-state index contributed by atoms with van der Waals surface area (Å²) in [6.45, 7) is -3.11. The molecule has 1 nitrogen and oxygen atoms in total. The second-order valence-electron chi connectivity index (χ2n) is 1.95. The summed E-state index contributed by atoms with van der Waals surface area (Å²) < 4.78 is 51.5. The van der Waals surface area contributed by atoms with Gasteiger partial charge in [0.25, 0.3) is 0 Å². The van der Waals surface area contributed by atoms with Crippen LogP contribution < -0.4 is 4.74 Å². The molecule has 0 spiro atoms. The van der Waals surface area contributed by atoms with Gasteiger partial charge in [0.15, 0.2) is 11.6 Å². The van der Waals surface area contributed by atoms with Crippen molar-refractivity contribution >= 4 is 0 Å². The molecule has 0 saturated carbocycles. The molecule has 0 aliphatic carbocycles. The molecule has 0 heterocycles. The van der Waals surface area contributed by atoms with E-state index in [2.05, 4.69) is 4.74 Å². The molecule has 0 bridgehead atoms. The maximum absolute atomic E-state index is 12.5. The fraction of sp³-hybridized carbons (Fsp3) is 0.143. The summed E-state index contributed by atoms with van der Waals surface area (Å²) in [5.74, 6) is -2.64. The number of hydrogen-bond acceptors (Lipinski definition) is 1. The standard InChI is InChI=1S/C7H4F4O/c8-4-1-2-6(5(9)3-4)12-7(10)11/h1-3,7H. The minimum atomic E-state index is -3.11. The van der Waals surface area contributed by atoms with Gasteiger partial charge in [0.05, 0.1) is 0 Å². The quantitative estimate of drug-likeness (QED) is 0.635. The molecule has 0 aliphatic rings. The third-order valence-electron chi connectivity index (χ3n) is 1.11. The molecule has 0 amide bonds. The van der Waals surface area contributed by atoms with E-state index < -0.39 is 24.0 Å². The van der Waals surface area contributed by atoms with E-state index in [1.54, 1.807) is 0 Å². The number of benzene rings is 1. The fourth-order valence-electron chi connectivity index (χ4n) is 0.667. The highest BCUT2D eigenvalue weighted by Gasteiger charge is 2.09. The summed E-state index contributed by atoms with van der Waals surface area (Å²) in [6.07, 6.45) is 0. The molecule has 0 saturated heterocycles. The lowest BCUT2D eigenvalue weighted by Gasteiger charge is -2.04. The van der Waals surface area contributed by atoms with Crippen LogP contribution in [-0.2, 0) is 0 Å². The van der Waals surface area contributed by atoms with Crippen molar-refractivity contribution in [3.8, 4) is 5.75 Å². The average molecular weight is 180 g/mol. The van der Waals surface area contributed by atoms with E-state index >= 15 is 0 Å². The van der Waals surface area contributed by atoms with E-state index in [1.807, 2.05) is 0 Å². The Kier molecular flexibility index (Phi) is 2.52. The highest BCUT2D eigenvalue weighted by atomic mass is 19.3. The number of hydrogen-bond donors (Lipinski definition) is 0. The van der Waals surface area contributed by atoms with Crippen molar-refractivity contribution in [3.63, 3.8) is 0 Å². The Labute approximate surface area is 65.6 Å². The topological polar surface area (TPSA) is 9.23 Å². The molecular weight excluding hydrogens is 176 g/mol. The minimum absolute atomic E-state index is 0.470. The van der Waals surface area contributed by atoms with E-state index in [1.165, 1.54) is 0 Å². The average Bonchev–Trinajstić information content (AvgIpc) is 1.94. The first-order valence-corrected chi connectivity index (χ1v) is 2.99. The number of ether oxygens (including phenoxy) is 1. The molecule has 5 heteroatoms. The van der Waals surface area contributed by atoms with Crippen LogP contribution in [-0.4, -0.2) is 6.61 Å². The Morgan fingerprint density at radius 2 is 1.83 bits per heavy atom. The van der Waals surface area contributed by atoms with Crippen LogP contribution in [0.2, 0.25) is 0 Å². The van der Waals surface area contributed by atoms with E-state index in [0.29, 0.717) is 6.07 Å². The van der Waals surface area contributed by atoms with E-state index in [-0.39, 0.29) is 0 Å². The van der Waals surface area contributed by atoms with Gasteiger partial charge in [0.2, 0.25) is 0 Å². The molecule has 0 fully saturated rings. The van der Waals surface area contributed by atoms with Gasteiger partial charge in [-0.3, -0.25) is 0 Å². The van der Waals surface area contributed by atoms with Crippen molar-refractivity contribution in [2.75, 3.05) is 0 Å². The Hall–Kier alpha value is -1.26. The lowest BCUT2D eigenvalue weighted by atomic mass is 10.3. The van der Waals surface area contributed by atoms with Gasteiger partial charge in [-0.1, -0.05) is 0 Å². The first kappa shape index (κ1) is 8.83. The molecular formula is C7H4F4O. The Balaban J connectivity index is 2.86. The lowest BCUT2D eigenvalue weighted by molar-refractivity contribution is -0.0522. The molecule has 12 heavy (non-hydrogen) atoms. The number of halogens is 4. The SMILES string of the molecule is Fc1ccc(OC(F)F)c(F)c1. The summed E-state index contributed by atoms with van der Waals surface area (Å²) in [6, 6.07) is 2.11. The highest BCUT2D eigenvalue weighted by Crippen LogP contribution is 2.19. The molecule has 0 aliphatic heterocycles. The molecule has 0 radical (unpaired) electrons. The zero-order chi connectivity index (χ0) is 9.14. The van der Waals surface area contributed by atoms with E-state index in [4.69, 9.17) is 0 Å². The summed E-state index contributed by atoms with van der Waals surface area (Å²) in [5.41, 5.74) is 0. The summed E-state index contributed by atoms with van der Waals surface area (Å²) in [5, 5.41) is 0. The molecule has 0 unspecified atom stereocenters. The van der Waals surface area contributed by atoms with Gasteiger partial charge in [0, 0.05) is 6.07 Å². The largest absolute Gasteiger partial charge is 0.432 e. The van der Waals surface area contributed by atoms with Gasteiger partial charge in [0.1, 0.15) is 5.82 Å². The van der Waals surface area contributed by atoms with Gasteiger partial charge in [-0.15, -0.1) is 0 Å². The zero-order valence-electron chi connectivity index (χ0n) is 5.73. The van der Waals surface area contributed by atoms with Gasteiger partial charge in [-0.25, -0.2) is 8.78 Å². The molecule has 0 aromatic heterocycles. The molecule has 1 aromatic carbocycles. The zero-order valence-corrected chi connectivity index (χ0v) is 5.73. The Morgan fingerprint density at radius 1 is 1.17 bits per heavy atom. The van der Waals surface area contributed by atoms with Gasteiger partial charge < -0.3 is 4.74 Å². The van der Waals surface area contributed by atoms with Crippen molar-refractivity contribution in [2.45, 2.75) is 6.61 Å². The van der Waals surface area contributed by atoms with Crippen LogP contribution >= 0.6 is 0 Å². The van der Waals surface area contributed by atoms with Crippen LogP contribution in [0.5, 0.6) is 5.75 Å². The van der Waals surface area contributed by atoms with Crippen molar-refractivity contribution in [1.82, 2.24) is 0 Å². The second kappa shape index (κ2) is 3.42. The minimum Gasteiger partial charge on any atom is -0.432 e. The maximum Gasteiger partial charge on any atom is 0.387 e. The Bertz CT molecular complexity index is 274. The smallest absolute Gasteiger partial charge is 0.387 e. The second-order valence-corrected chi connectivity index (χ2v) is 1.95. The lowest BCUT2D eigenvalue weighted by Crippen LogP contribution is -2.03. The first-order valence-electron chi connectivity index (χ1n) is 2.99. The molecule has 66 valence electrons. The van der Waals surface area contributed by atoms with Crippen molar-refractivity contribution in [2.24, 2.45) is 0 Å². The van der Waals surface area contributed by atoms with Gasteiger partial charge in [-0.05, 0) is 12.1 Å². The monoisotopic (exact) mass is 180 g/mol. The fourth-order valence-corrected chi connectivity index (χ4v) is 0.667. The highest BCUT2D eigenvalue weighted by molar-refractivity contribution is 5.24. The third-order valence-corrected chi connectivity index (χ3v) is 1.11. The first-order chi connectivity index (χ1) is 5.59. The molecule has 0 N–H and O–H groups in total. The summed E-state index contributed by atoms with van der Waals surface area (Å²) >= 11 is 0. The third kappa shape index (κ3) is 2.11. The molecule has 1 aromatic rings. The van der Waals surface area contributed by atoms with Crippen LogP contribution in [0.4, 0.5) is 17.6 Å². The van der Waals surface area contributed by atoms with Crippen LogP contribution in [0.3, 0.4) is 0 Å². The molecule has 0 atom stereocenters. The van der Waals surface area contributed by atoms with Gasteiger partial charge >= 0.3 is 6.61 Å². The van der Waals surface area contributed by atoms with Gasteiger partial charge in [-0.2, -0.15) is 8.78 Å². The normalized spacial score (nSPS) is 10.4. The molecule has 1 rings (SSSR count). The van der Waals surface area contributed by atoms with Crippen LogP contribution in [0.25, 0.3) is 0 Å². The van der Waals surface area contributed by atoms with Crippen molar-refractivity contribution in [1.29, 1.82) is 0 Å². The van der Waals surface area contributed by atoms with Crippen molar-refractivity contribution < 1.29 is 22.3 Å². The summed E-state index contributed by atoms with van der Waals surface area (Å²) in [4.78, 5) is 0. The van der Waals surface area contributed by atoms with E-state index in [9.17, 15) is 17.6 Å². The van der Waals surface area contributed by atoms with Crippen LogP contribution in [0.1, 0.15) is 0 Å². The van der Waals surface area contributed by atoms with Crippen LogP contribution in [0.15, 0.2) is 18.2 Å². The Morgan fingerprint density at radius 3 is 2.33 bits per heavy atom. The summed E-state index contributed by atoms with van der Waals surface area (Å²) in [7, 11) is 0. The predicted octanol–water partition coefficient (Wildman–Crippen LogP) is 2.57. The van der Waals surface area contributed by atoms with Crippen LogP contribution in [0, 0.1) is 11.6 Å². The number of rotatable bonds is 2. The van der Waals surface area contributed by atoms with Crippen molar-refractivity contribution in [3.05, 3.63) is 29.8 Å². The number of alkyl halides is 2. The van der Waals surface area contributed by atoms with E-state index in [0.717, 1.165) is 12.1 Å². The maximum atomic E-state index is 12.5.